The molecule has 0 atom stereocenters. The molecule has 3 heteroatoms. The van der Waals surface area contributed by atoms with Crippen molar-refractivity contribution < 1.29 is 14.6 Å². The molecule has 1 N–H and O–H groups in total. The van der Waals surface area contributed by atoms with Crippen molar-refractivity contribution >= 4 is 17.6 Å². The molecule has 0 amide bonds. The normalized spacial score (nSPS) is 11.3. The summed E-state index contributed by atoms with van der Waals surface area (Å²) in [7, 11) is 0. The molecule has 23 heavy (non-hydrogen) atoms. The minimum absolute atomic E-state index is 0.287. The number of aliphatic carboxylic acids is 1. The second kappa shape index (κ2) is 8.18. The van der Waals surface area contributed by atoms with E-state index in [-0.39, 0.29) is 5.57 Å². The molecular weight excluding hydrogens is 288 g/mol. The third-order valence-electron chi connectivity index (χ3n) is 3.57. The molecule has 0 saturated heterocycles. The molecule has 0 bridgehead atoms. The minimum atomic E-state index is -0.930. The highest BCUT2D eigenvalue weighted by Gasteiger charge is 2.10. The molecule has 0 saturated carbocycles. The van der Waals surface area contributed by atoms with Gasteiger partial charge in [0.2, 0.25) is 0 Å². The van der Waals surface area contributed by atoms with Gasteiger partial charge in [0.15, 0.2) is 0 Å². The first-order valence-electron chi connectivity index (χ1n) is 7.91. The topological polar surface area (TPSA) is 46.5 Å². The summed E-state index contributed by atoms with van der Waals surface area (Å²) in [6, 6.07) is 15.1. The SMILES string of the molecule is CCCOc1ccc(/C=C(\C(=O)O)c2ccc(CC)cc2)cc1. The van der Waals surface area contributed by atoms with Crippen molar-refractivity contribution in [3.05, 3.63) is 65.2 Å². The fourth-order valence-corrected chi connectivity index (χ4v) is 2.24. The van der Waals surface area contributed by atoms with Crippen molar-refractivity contribution in [1.29, 1.82) is 0 Å². The van der Waals surface area contributed by atoms with Crippen LogP contribution in [-0.4, -0.2) is 17.7 Å². The van der Waals surface area contributed by atoms with Crippen molar-refractivity contribution in [2.45, 2.75) is 26.7 Å². The van der Waals surface area contributed by atoms with Gasteiger partial charge in [-0.2, -0.15) is 0 Å². The van der Waals surface area contributed by atoms with E-state index < -0.39 is 5.97 Å². The summed E-state index contributed by atoms with van der Waals surface area (Å²) in [5, 5.41) is 9.49. The predicted molar refractivity (Wildman–Crippen MR) is 93.6 cm³/mol. The number of carboxylic acids is 1. The van der Waals surface area contributed by atoms with Crippen LogP contribution in [0.4, 0.5) is 0 Å². The van der Waals surface area contributed by atoms with E-state index in [1.54, 1.807) is 6.08 Å². The lowest BCUT2D eigenvalue weighted by Gasteiger charge is -2.06. The van der Waals surface area contributed by atoms with E-state index >= 15 is 0 Å². The lowest BCUT2D eigenvalue weighted by molar-refractivity contribution is -0.130. The molecule has 0 aliphatic rings. The van der Waals surface area contributed by atoms with Crippen LogP contribution in [0.3, 0.4) is 0 Å². The zero-order chi connectivity index (χ0) is 16.7. The molecule has 2 rings (SSSR count). The highest BCUT2D eigenvalue weighted by atomic mass is 16.5. The predicted octanol–water partition coefficient (Wildman–Crippen LogP) is 4.66. The lowest BCUT2D eigenvalue weighted by atomic mass is 10.0. The van der Waals surface area contributed by atoms with Gasteiger partial charge in [-0.3, -0.25) is 0 Å². The molecule has 0 unspecified atom stereocenters. The average molecular weight is 310 g/mol. The van der Waals surface area contributed by atoms with E-state index in [1.165, 1.54) is 5.56 Å². The first-order valence-corrected chi connectivity index (χ1v) is 7.91. The van der Waals surface area contributed by atoms with Crippen molar-refractivity contribution in [1.82, 2.24) is 0 Å². The number of hydrogen-bond donors (Lipinski definition) is 1. The van der Waals surface area contributed by atoms with Crippen molar-refractivity contribution in [2.24, 2.45) is 0 Å². The van der Waals surface area contributed by atoms with Gasteiger partial charge in [0.25, 0.3) is 0 Å². The highest BCUT2D eigenvalue weighted by molar-refractivity contribution is 6.20. The van der Waals surface area contributed by atoms with Gasteiger partial charge in [0, 0.05) is 0 Å². The highest BCUT2D eigenvalue weighted by Crippen LogP contribution is 2.21. The average Bonchev–Trinajstić information content (AvgIpc) is 2.59. The summed E-state index contributed by atoms with van der Waals surface area (Å²) in [5.74, 6) is -0.131. The fourth-order valence-electron chi connectivity index (χ4n) is 2.24. The first kappa shape index (κ1) is 16.8. The Bertz CT molecular complexity index is 667. The molecule has 0 aliphatic heterocycles. The summed E-state index contributed by atoms with van der Waals surface area (Å²) in [6.45, 7) is 4.81. The van der Waals surface area contributed by atoms with Gasteiger partial charge in [-0.05, 0) is 47.7 Å². The maximum absolute atomic E-state index is 11.6. The molecule has 0 heterocycles. The van der Waals surface area contributed by atoms with E-state index in [4.69, 9.17) is 4.74 Å². The Labute approximate surface area is 137 Å². The standard InChI is InChI=1S/C20H22O3/c1-3-13-23-18-11-7-16(8-12-18)14-19(20(21)22)17-9-5-15(4-2)6-10-17/h5-12,14H,3-4,13H2,1-2H3,(H,21,22)/b19-14-. The fraction of sp³-hybridized carbons (Fsp3) is 0.250. The van der Waals surface area contributed by atoms with E-state index in [9.17, 15) is 9.90 Å². The molecule has 2 aromatic rings. The van der Waals surface area contributed by atoms with Crippen LogP contribution in [0.25, 0.3) is 11.6 Å². The number of rotatable bonds is 7. The Morgan fingerprint density at radius 2 is 1.70 bits per heavy atom. The Hall–Kier alpha value is -2.55. The Morgan fingerprint density at radius 1 is 1.04 bits per heavy atom. The van der Waals surface area contributed by atoms with Gasteiger partial charge in [-0.15, -0.1) is 0 Å². The second-order valence-electron chi connectivity index (χ2n) is 5.33. The van der Waals surface area contributed by atoms with Crippen LogP contribution in [0.15, 0.2) is 48.5 Å². The Kier molecular flexibility index (Phi) is 5.98. The minimum Gasteiger partial charge on any atom is -0.494 e. The van der Waals surface area contributed by atoms with Crippen molar-refractivity contribution in [2.75, 3.05) is 6.61 Å². The molecule has 0 fully saturated rings. The zero-order valence-electron chi connectivity index (χ0n) is 13.6. The van der Waals surface area contributed by atoms with E-state index in [1.807, 2.05) is 48.5 Å². The number of hydrogen-bond acceptors (Lipinski definition) is 2. The molecule has 3 nitrogen and oxygen atoms in total. The van der Waals surface area contributed by atoms with Crippen LogP contribution in [0, 0.1) is 0 Å². The van der Waals surface area contributed by atoms with E-state index in [0.29, 0.717) is 12.2 Å². The lowest BCUT2D eigenvalue weighted by Crippen LogP contribution is -2.00. The van der Waals surface area contributed by atoms with Crippen LogP contribution in [-0.2, 0) is 11.2 Å². The van der Waals surface area contributed by atoms with Crippen LogP contribution in [0.1, 0.15) is 37.0 Å². The second-order valence-corrected chi connectivity index (χ2v) is 5.33. The first-order chi connectivity index (χ1) is 11.1. The van der Waals surface area contributed by atoms with Gasteiger partial charge in [0.05, 0.1) is 12.2 Å². The molecule has 0 aromatic heterocycles. The largest absolute Gasteiger partial charge is 0.494 e. The molecule has 0 aliphatic carbocycles. The molecule has 2 aromatic carbocycles. The maximum atomic E-state index is 11.6. The summed E-state index contributed by atoms with van der Waals surface area (Å²) in [6.07, 6.45) is 3.58. The number of ether oxygens (including phenoxy) is 1. The number of benzene rings is 2. The van der Waals surface area contributed by atoms with Crippen LogP contribution in [0.5, 0.6) is 5.75 Å². The zero-order valence-corrected chi connectivity index (χ0v) is 13.6. The van der Waals surface area contributed by atoms with Gasteiger partial charge in [-0.25, -0.2) is 4.79 Å². The molecular formula is C20H22O3. The number of carboxylic acid groups (broad SMARTS) is 1. The Morgan fingerprint density at radius 3 is 2.22 bits per heavy atom. The third-order valence-corrected chi connectivity index (χ3v) is 3.57. The van der Waals surface area contributed by atoms with Crippen LogP contribution < -0.4 is 4.74 Å². The third kappa shape index (κ3) is 4.71. The quantitative estimate of drug-likeness (QED) is 0.597. The smallest absolute Gasteiger partial charge is 0.336 e. The summed E-state index contributed by atoms with van der Waals surface area (Å²) in [4.78, 5) is 11.6. The number of aryl methyl sites for hydroxylation is 1. The van der Waals surface area contributed by atoms with E-state index in [0.717, 1.165) is 24.2 Å². The van der Waals surface area contributed by atoms with Gasteiger partial charge in [-0.1, -0.05) is 50.2 Å². The van der Waals surface area contributed by atoms with Crippen molar-refractivity contribution in [3.63, 3.8) is 0 Å². The monoisotopic (exact) mass is 310 g/mol. The Balaban J connectivity index is 2.25. The molecule has 120 valence electrons. The van der Waals surface area contributed by atoms with Crippen LogP contribution in [0.2, 0.25) is 0 Å². The molecule has 0 spiro atoms. The van der Waals surface area contributed by atoms with Crippen LogP contribution >= 0.6 is 0 Å². The summed E-state index contributed by atoms with van der Waals surface area (Å²) < 4.78 is 5.54. The van der Waals surface area contributed by atoms with Crippen molar-refractivity contribution in [3.8, 4) is 5.75 Å². The van der Waals surface area contributed by atoms with E-state index in [2.05, 4.69) is 13.8 Å². The van der Waals surface area contributed by atoms with Gasteiger partial charge >= 0.3 is 5.97 Å². The van der Waals surface area contributed by atoms with Gasteiger partial charge < -0.3 is 9.84 Å². The summed E-state index contributed by atoms with van der Waals surface area (Å²) in [5.41, 5.74) is 3.03. The molecule has 0 radical (unpaired) electrons. The van der Waals surface area contributed by atoms with Gasteiger partial charge in [0.1, 0.15) is 5.75 Å². The number of carbonyl (C=O) groups is 1. The summed E-state index contributed by atoms with van der Waals surface area (Å²) >= 11 is 0. The maximum Gasteiger partial charge on any atom is 0.336 e.